The Bertz CT molecular complexity index is 652. The van der Waals surface area contributed by atoms with Crippen LogP contribution in [0.15, 0.2) is 17.8 Å². The highest BCUT2D eigenvalue weighted by Gasteiger charge is 2.24. The van der Waals surface area contributed by atoms with Gasteiger partial charge in [-0.1, -0.05) is 0 Å². The molecule has 2 heterocycles. The molecular formula is C8H8N4O4S2. The van der Waals surface area contributed by atoms with E-state index in [0.717, 1.165) is 15.6 Å². The van der Waals surface area contributed by atoms with E-state index in [1.807, 2.05) is 0 Å². The fraction of sp³-hybridized carbons (Fsp3) is 0.125. The van der Waals surface area contributed by atoms with Crippen LogP contribution in [0.1, 0.15) is 10.5 Å². The quantitative estimate of drug-likeness (QED) is 0.781. The highest BCUT2D eigenvalue weighted by Crippen LogP contribution is 2.31. The van der Waals surface area contributed by atoms with Crippen LogP contribution in [0.5, 0.6) is 0 Å². The molecule has 0 atom stereocenters. The molecular weight excluding hydrogens is 280 g/mol. The first kappa shape index (κ1) is 12.5. The number of thiol groups is 1. The maximum atomic E-state index is 11.3. The van der Waals surface area contributed by atoms with Gasteiger partial charge in [0.05, 0.1) is 5.51 Å². The van der Waals surface area contributed by atoms with Crippen molar-refractivity contribution in [3.8, 4) is 0 Å². The number of aryl methyl sites for hydroxylation is 1. The summed E-state index contributed by atoms with van der Waals surface area (Å²) in [6.45, 7) is 0. The van der Waals surface area contributed by atoms with Crippen molar-refractivity contribution in [1.29, 1.82) is 0 Å². The van der Waals surface area contributed by atoms with E-state index in [1.54, 1.807) is 13.2 Å². The fourth-order valence-corrected chi connectivity index (χ4v) is 2.88. The molecule has 0 saturated carbocycles. The number of hydrogen-bond donors (Lipinski definition) is 2. The van der Waals surface area contributed by atoms with E-state index < -0.39 is 16.9 Å². The fourth-order valence-electron chi connectivity index (χ4n) is 1.31. The second-order valence-electron chi connectivity index (χ2n) is 3.21. The van der Waals surface area contributed by atoms with Crippen molar-refractivity contribution >= 4 is 39.0 Å². The molecule has 96 valence electrons. The molecule has 0 amide bonds. The SMILES string of the molecule is Cn1ccc(N(c2scnc2C(=O)O)[SH](=O)=O)n1. The normalized spacial score (nSPS) is 10.8. The Balaban J connectivity index is 2.55. The van der Waals surface area contributed by atoms with Gasteiger partial charge in [-0.3, -0.25) is 4.68 Å². The Labute approximate surface area is 107 Å². The number of carboxylic acid groups (broad SMARTS) is 1. The number of aromatic carboxylic acids is 1. The average molecular weight is 288 g/mol. The molecule has 18 heavy (non-hydrogen) atoms. The minimum Gasteiger partial charge on any atom is -0.476 e. The predicted molar refractivity (Wildman–Crippen MR) is 64.7 cm³/mol. The molecule has 2 rings (SSSR count). The summed E-state index contributed by atoms with van der Waals surface area (Å²) in [5, 5.41) is 12.9. The molecule has 0 fully saturated rings. The van der Waals surface area contributed by atoms with E-state index in [9.17, 15) is 13.2 Å². The molecule has 0 saturated heterocycles. The van der Waals surface area contributed by atoms with E-state index in [4.69, 9.17) is 5.11 Å². The molecule has 0 spiro atoms. The topological polar surface area (TPSA) is 105 Å². The maximum Gasteiger partial charge on any atom is 0.357 e. The number of carbonyl (C=O) groups is 1. The first-order chi connectivity index (χ1) is 8.50. The van der Waals surface area contributed by atoms with Gasteiger partial charge in [-0.15, -0.1) is 11.3 Å². The molecule has 0 aliphatic rings. The Hall–Kier alpha value is -1.94. The predicted octanol–water partition coefficient (Wildman–Crippen LogP) is 0.239. The summed E-state index contributed by atoms with van der Waals surface area (Å²) >= 11 is 0.919. The lowest BCUT2D eigenvalue weighted by atomic mass is 10.4. The standard InChI is InChI=1S/C8H8N4O4S2/c1-11-3-2-5(10-11)12(18(15)16)7-6(8(13)14)9-4-17-7/h2-4,18H,1H3,(H,13,14). The van der Waals surface area contributed by atoms with Gasteiger partial charge >= 0.3 is 5.97 Å². The highest BCUT2D eigenvalue weighted by molar-refractivity contribution is 7.74. The van der Waals surface area contributed by atoms with Crippen molar-refractivity contribution in [2.24, 2.45) is 7.05 Å². The number of aromatic nitrogens is 3. The van der Waals surface area contributed by atoms with Crippen molar-refractivity contribution in [2.45, 2.75) is 0 Å². The molecule has 0 aromatic carbocycles. The monoisotopic (exact) mass is 288 g/mol. The van der Waals surface area contributed by atoms with Gasteiger partial charge in [0.15, 0.2) is 11.5 Å². The summed E-state index contributed by atoms with van der Waals surface area (Å²) < 4.78 is 24.8. The Kier molecular flexibility index (Phi) is 3.30. The molecule has 10 heteroatoms. The molecule has 2 aromatic heterocycles. The van der Waals surface area contributed by atoms with Crippen LogP contribution in [0, 0.1) is 0 Å². The number of rotatable bonds is 4. The van der Waals surface area contributed by atoms with Gasteiger partial charge in [-0.05, 0) is 0 Å². The lowest BCUT2D eigenvalue weighted by Crippen LogP contribution is -2.17. The van der Waals surface area contributed by atoms with Crippen LogP contribution in [0.2, 0.25) is 0 Å². The summed E-state index contributed by atoms with van der Waals surface area (Å²) in [5.41, 5.74) is 0.956. The molecule has 0 radical (unpaired) electrons. The Morgan fingerprint density at radius 2 is 2.28 bits per heavy atom. The first-order valence-electron chi connectivity index (χ1n) is 4.61. The van der Waals surface area contributed by atoms with Crippen LogP contribution in [0.25, 0.3) is 0 Å². The van der Waals surface area contributed by atoms with Crippen LogP contribution < -0.4 is 4.31 Å². The van der Waals surface area contributed by atoms with Crippen molar-refractivity contribution in [2.75, 3.05) is 4.31 Å². The summed E-state index contributed by atoms with van der Waals surface area (Å²) in [7, 11) is -1.42. The Morgan fingerprint density at radius 3 is 2.78 bits per heavy atom. The number of thiazole rings is 1. The van der Waals surface area contributed by atoms with Gasteiger partial charge in [-0.25, -0.2) is 22.5 Å². The van der Waals surface area contributed by atoms with Gasteiger partial charge in [0.2, 0.25) is 10.9 Å². The van der Waals surface area contributed by atoms with Gasteiger partial charge < -0.3 is 5.11 Å². The molecule has 1 N–H and O–H groups in total. The molecule has 0 unspecified atom stereocenters. The third-order valence-corrected chi connectivity index (χ3v) is 3.70. The molecule has 2 aromatic rings. The average Bonchev–Trinajstić information content (AvgIpc) is 2.88. The molecule has 0 bridgehead atoms. The summed E-state index contributed by atoms with van der Waals surface area (Å²) in [6, 6.07) is 1.47. The van der Waals surface area contributed by atoms with E-state index in [1.165, 1.54) is 16.3 Å². The lowest BCUT2D eigenvalue weighted by Gasteiger charge is -2.12. The smallest absolute Gasteiger partial charge is 0.357 e. The first-order valence-corrected chi connectivity index (χ1v) is 6.62. The number of anilines is 2. The number of carboxylic acids is 1. The Morgan fingerprint density at radius 1 is 1.56 bits per heavy atom. The second kappa shape index (κ2) is 4.74. The van der Waals surface area contributed by atoms with Crippen LogP contribution >= 0.6 is 11.3 Å². The highest BCUT2D eigenvalue weighted by atomic mass is 32.2. The van der Waals surface area contributed by atoms with E-state index >= 15 is 0 Å². The van der Waals surface area contributed by atoms with E-state index in [0.29, 0.717) is 0 Å². The summed E-state index contributed by atoms with van der Waals surface area (Å²) in [6.07, 6.45) is 1.56. The van der Waals surface area contributed by atoms with Gasteiger partial charge in [0, 0.05) is 19.3 Å². The molecule has 0 aliphatic heterocycles. The minimum atomic E-state index is -3.05. The maximum absolute atomic E-state index is 11.3. The third-order valence-electron chi connectivity index (χ3n) is 2.02. The second-order valence-corrected chi connectivity index (χ2v) is 4.92. The molecule has 8 nitrogen and oxygen atoms in total. The van der Waals surface area contributed by atoms with Crippen molar-refractivity contribution in [3.63, 3.8) is 0 Å². The summed E-state index contributed by atoms with van der Waals surface area (Å²) in [4.78, 5) is 14.6. The van der Waals surface area contributed by atoms with Crippen LogP contribution in [0.3, 0.4) is 0 Å². The van der Waals surface area contributed by atoms with Crippen LogP contribution in [0.4, 0.5) is 10.8 Å². The largest absolute Gasteiger partial charge is 0.476 e. The molecule has 0 aliphatic carbocycles. The zero-order valence-electron chi connectivity index (χ0n) is 9.05. The van der Waals surface area contributed by atoms with Crippen molar-refractivity contribution in [1.82, 2.24) is 14.8 Å². The lowest BCUT2D eigenvalue weighted by molar-refractivity contribution is 0.0692. The van der Waals surface area contributed by atoms with Gasteiger partial charge in [0.25, 0.3) is 0 Å². The van der Waals surface area contributed by atoms with Gasteiger partial charge in [-0.2, -0.15) is 5.10 Å². The van der Waals surface area contributed by atoms with E-state index in [2.05, 4.69) is 10.1 Å². The summed E-state index contributed by atoms with van der Waals surface area (Å²) in [5.74, 6) is -1.16. The van der Waals surface area contributed by atoms with Crippen LogP contribution in [-0.4, -0.2) is 34.3 Å². The third kappa shape index (κ3) is 2.19. The zero-order valence-corrected chi connectivity index (χ0v) is 10.8. The number of hydrogen-bond acceptors (Lipinski definition) is 6. The van der Waals surface area contributed by atoms with Crippen molar-refractivity contribution < 1.29 is 18.3 Å². The van der Waals surface area contributed by atoms with Gasteiger partial charge in [0.1, 0.15) is 5.00 Å². The van der Waals surface area contributed by atoms with E-state index in [-0.39, 0.29) is 16.5 Å². The number of nitrogens with zero attached hydrogens (tertiary/aromatic N) is 4. The van der Waals surface area contributed by atoms with Crippen LogP contribution in [-0.2, 0) is 17.9 Å². The minimum absolute atomic E-state index is 0.0114. The zero-order chi connectivity index (χ0) is 13.3. The van der Waals surface area contributed by atoms with Crippen molar-refractivity contribution in [3.05, 3.63) is 23.5 Å².